The highest BCUT2D eigenvalue weighted by atomic mass is 16.7. The first-order chi connectivity index (χ1) is 63.5. The number of aliphatic hydroxyl groups excluding tert-OH is 6. The summed E-state index contributed by atoms with van der Waals surface area (Å²) in [7, 11) is 4.64. The first kappa shape index (κ1) is 102. The molecule has 132 heavy (non-hydrogen) atoms. The second kappa shape index (κ2) is 48.3. The Morgan fingerprint density at radius 2 is 0.720 bits per heavy atom. The molecule has 0 spiro atoms. The fourth-order valence-corrected chi connectivity index (χ4v) is 16.5. The fourth-order valence-electron chi connectivity index (χ4n) is 16.5. The Hall–Kier alpha value is -13.7. The lowest BCUT2D eigenvalue weighted by Gasteiger charge is -2.28. The lowest BCUT2D eigenvalue weighted by Crippen LogP contribution is -2.34. The minimum Gasteiger partial charge on any atom is -0.395 e. The number of carbonyl (C=O) groups is 4. The summed E-state index contributed by atoms with van der Waals surface area (Å²) in [5.41, 5.74) is 1.19. The topological polar surface area (TPSA) is 504 Å². The molecule has 4 aromatic carbocycles. The molecule has 36 nitrogen and oxygen atoms in total. The maximum Gasteiger partial charge on any atom is 0.349 e. The van der Waals surface area contributed by atoms with E-state index in [9.17, 15) is 73.8 Å². The van der Waals surface area contributed by atoms with Gasteiger partial charge in [-0.05, 0) is 149 Å². The molecule has 9 aromatic rings. The number of carbonyl (C=O) groups excluding carboxylic acids is 4. The molecule has 0 bridgehead atoms. The highest BCUT2D eigenvalue weighted by Crippen LogP contribution is 2.49. The second-order valence-electron chi connectivity index (χ2n) is 32.0. The summed E-state index contributed by atoms with van der Waals surface area (Å²) in [5.74, 6) is 12.9. The monoisotopic (exact) mass is 1810 g/mol. The number of nitrogens with one attached hydrogen (secondary N) is 5. The van der Waals surface area contributed by atoms with Crippen molar-refractivity contribution in [1.82, 2.24) is 48.2 Å². The van der Waals surface area contributed by atoms with Gasteiger partial charge in [-0.25, -0.2) is 29.0 Å². The van der Waals surface area contributed by atoms with Crippen LogP contribution in [0.15, 0.2) is 207 Å². The van der Waals surface area contributed by atoms with Crippen LogP contribution in [0.25, 0.3) is 0 Å². The van der Waals surface area contributed by atoms with Gasteiger partial charge in [-0.15, -0.1) is 32.1 Å². The largest absolute Gasteiger partial charge is 0.395 e. The smallest absolute Gasteiger partial charge is 0.349 e. The standard InChI is InChI=1S/C22H25N3O4.C21H23N3O5.C19H19N3O4.C12H15N3O3.C11H9N3O2.C11H18O3/c1-4-22(5-2)14-17(13-18(22)29-15-28-3)25-12-11-19(24-21(25)27)23-20(26)16-9-7-6-8-10-16;1-3-21(13-25)12-16(11-17(21)29-14-28-2)24-10-9-18(23-20(24)27)22-19(26)15-7-5-4-6-8-15;1-2-19(12-23)11-14(10-15(19)24)22-9-8-16(21-18(22)26)20-17(25)13-6-4-3-5-7-13;1-2-12(7-16)6-8(5-9(12)17)15-4-3-10(13)14-11(15)18;15-10(8-4-2-1-3-5-8)13-9-6-7-12-11(16)14-9;1-4-11(5-2)7-9(12)6-10(11)14-8-13-3/h1,6-12,17-18H,5,13-15H2,2-3H3,(H,23,24,26,27);1,4-10,16-17,25H,11-14H2,2H3,(H,22,23,26,27);1,3-9,14-15,23-24H,10-12H2,(H,20,21,25,26);1,3-4,8-9,16-17H,5-7H2,(H2,13,14,18);1-7H,(H2,12,13,14,15,16);1,9-10,12H,5-8H2,2-3H3/t17-,18-,22-;16-,17-,21+;14-,15-,19+;8-,9-,12+;;9-,10+,11+/m0000.1/s1. The van der Waals surface area contributed by atoms with Gasteiger partial charge in [0.05, 0.1) is 83.5 Å². The number of aromatic nitrogens is 10. The minimum absolute atomic E-state index is 0.0401. The maximum absolute atomic E-state index is 12.6. The van der Waals surface area contributed by atoms with Gasteiger partial charge in [0.25, 0.3) is 23.6 Å². The van der Waals surface area contributed by atoms with E-state index >= 15 is 0 Å². The minimum atomic E-state index is -1.05. The highest BCUT2D eigenvalue weighted by Gasteiger charge is 2.51. The third-order valence-corrected chi connectivity index (χ3v) is 24.0. The molecule has 4 amide bonds. The molecule has 0 aliphatic heterocycles. The number of hydrogen-bond donors (Lipinski definition) is 12. The molecule has 5 fully saturated rings. The number of anilines is 5. The molecular weight excluding hydrogens is 1700 g/mol. The normalized spacial score (nSPS) is 24.6. The first-order valence-electron chi connectivity index (χ1n) is 42.2. The van der Waals surface area contributed by atoms with Crippen molar-refractivity contribution in [3.8, 4) is 61.7 Å². The summed E-state index contributed by atoms with van der Waals surface area (Å²) >= 11 is 0. The van der Waals surface area contributed by atoms with Crippen molar-refractivity contribution in [1.29, 1.82) is 0 Å². The molecule has 5 heterocycles. The van der Waals surface area contributed by atoms with E-state index in [1.807, 2.05) is 32.0 Å². The van der Waals surface area contributed by atoms with E-state index in [4.69, 9.17) is 66.3 Å². The number of rotatable bonds is 26. The highest BCUT2D eigenvalue weighted by molar-refractivity contribution is 6.05. The Kier molecular flexibility index (Phi) is 37.3. The Morgan fingerprint density at radius 3 is 1.03 bits per heavy atom. The molecular formula is C96H109N15O21. The van der Waals surface area contributed by atoms with Gasteiger partial charge in [-0.3, -0.25) is 42.4 Å². The Morgan fingerprint density at radius 1 is 0.417 bits per heavy atom. The van der Waals surface area contributed by atoms with Gasteiger partial charge in [0.1, 0.15) is 49.5 Å². The second-order valence-corrected chi connectivity index (χ2v) is 32.0. The van der Waals surface area contributed by atoms with Crippen molar-refractivity contribution in [3.63, 3.8) is 0 Å². The van der Waals surface area contributed by atoms with E-state index in [-0.39, 0.29) is 148 Å². The summed E-state index contributed by atoms with van der Waals surface area (Å²) in [6.45, 7) is 3.56. The van der Waals surface area contributed by atoms with Crippen LogP contribution in [-0.2, 0) is 28.4 Å². The number of H-pyrrole nitrogens is 1. The summed E-state index contributed by atoms with van der Waals surface area (Å²) in [5, 5.41) is 68.8. The molecule has 0 saturated heterocycles. The third kappa shape index (κ3) is 25.7. The number of nitrogen functional groups attached to an aromatic ring is 1. The van der Waals surface area contributed by atoms with E-state index in [0.717, 1.165) is 12.8 Å². The van der Waals surface area contributed by atoms with E-state index < -0.39 is 68.4 Å². The van der Waals surface area contributed by atoms with Crippen LogP contribution in [0, 0.1) is 88.8 Å². The zero-order valence-electron chi connectivity index (χ0n) is 73.6. The van der Waals surface area contributed by atoms with Crippen molar-refractivity contribution < 1.29 is 78.2 Å². The average Bonchev–Trinajstić information content (AvgIpc) is 1.64. The van der Waals surface area contributed by atoms with Crippen molar-refractivity contribution in [2.45, 2.75) is 152 Å². The zero-order chi connectivity index (χ0) is 95.8. The molecule has 5 saturated carbocycles. The summed E-state index contributed by atoms with van der Waals surface area (Å²) in [4.78, 5) is 130. The number of aromatic amines is 1. The molecule has 0 radical (unpaired) electrons. The van der Waals surface area contributed by atoms with Crippen molar-refractivity contribution in [3.05, 3.63) is 257 Å². The van der Waals surface area contributed by atoms with Gasteiger partial charge < -0.3 is 86.1 Å². The summed E-state index contributed by atoms with van der Waals surface area (Å²) < 4.78 is 37.6. The van der Waals surface area contributed by atoms with Crippen molar-refractivity contribution in [2.24, 2.45) is 27.1 Å². The Labute approximate surface area is 761 Å². The van der Waals surface area contributed by atoms with E-state index in [1.54, 1.807) is 146 Å². The molecule has 15 atom stereocenters. The van der Waals surface area contributed by atoms with Gasteiger partial charge >= 0.3 is 28.4 Å². The van der Waals surface area contributed by atoms with Crippen LogP contribution in [0.1, 0.15) is 156 Å². The Bertz CT molecular complexity index is 5750. The Balaban J connectivity index is 0.000000182. The van der Waals surface area contributed by atoms with Gasteiger partial charge in [-0.1, -0.05) is 116 Å². The predicted octanol–water partition coefficient (Wildman–Crippen LogP) is 6.40. The number of ether oxygens (including phenoxy) is 6. The van der Waals surface area contributed by atoms with Gasteiger partial charge in [0.15, 0.2) is 0 Å². The number of nitrogens with two attached hydrogens (primary N) is 1. The number of aliphatic hydroxyl groups is 6. The first-order valence-corrected chi connectivity index (χ1v) is 42.2. The number of amides is 4. The van der Waals surface area contributed by atoms with Crippen LogP contribution in [0.2, 0.25) is 0 Å². The fraction of sp³-hybridized carbons (Fsp3) is 0.396. The molecule has 5 aliphatic rings. The number of hydrogen-bond acceptors (Lipinski definition) is 27. The van der Waals surface area contributed by atoms with Crippen LogP contribution in [0.3, 0.4) is 0 Å². The summed E-state index contributed by atoms with van der Waals surface area (Å²) in [6, 6.07) is 41.4. The van der Waals surface area contributed by atoms with E-state index in [0.29, 0.717) is 79.4 Å². The number of nitrogens with zero attached hydrogens (tertiary/aromatic N) is 9. The zero-order valence-corrected chi connectivity index (χ0v) is 73.6. The van der Waals surface area contributed by atoms with Crippen molar-refractivity contribution in [2.75, 3.05) is 88.5 Å². The van der Waals surface area contributed by atoms with E-state index in [1.165, 1.54) is 57.6 Å². The average molecular weight is 1810 g/mol. The van der Waals surface area contributed by atoms with Crippen LogP contribution in [0.4, 0.5) is 29.1 Å². The third-order valence-electron chi connectivity index (χ3n) is 24.0. The predicted molar refractivity (Wildman–Crippen MR) is 490 cm³/mol. The van der Waals surface area contributed by atoms with Crippen LogP contribution >= 0.6 is 0 Å². The molecule has 13 N–H and O–H groups in total. The van der Waals surface area contributed by atoms with Crippen LogP contribution in [-0.4, -0.2) is 201 Å². The van der Waals surface area contributed by atoms with E-state index in [2.05, 4.69) is 80.8 Å². The number of benzene rings is 4. The number of terminal acetylenes is 5. The molecule has 14 rings (SSSR count). The SMILES string of the molecule is C#C[C@]1(CC)C[C@@H](n2ccc(NC(=O)c3ccccc3)nc2=O)C[C@@H]1OCOC.C#C[C@]1(CC)C[C@H](O)C[C@@H]1OCOC.C#C[C@]1(CO)C[C@@H](n2ccc(N)nc2=O)C[C@@H]1O.C#C[C@]1(CO)C[C@@H](n2ccc(NC(=O)c3ccccc3)nc2=O)C[C@@H]1O.C#C[C@]1(CO)C[C@@H](n2ccc(NC(=O)c3ccccc3)nc2=O)C[C@@H]1OCOC.O=C(Nc1ccnc(=O)[nH]1)c1ccccc1. The molecule has 5 aliphatic carbocycles. The van der Waals surface area contributed by atoms with Gasteiger partial charge in [0.2, 0.25) is 0 Å². The molecule has 0 unspecified atom stereocenters. The quantitative estimate of drug-likeness (QED) is 0.0206. The van der Waals surface area contributed by atoms with Crippen LogP contribution < -0.4 is 55.4 Å². The van der Waals surface area contributed by atoms with Gasteiger partial charge in [-0.2, -0.15) is 19.9 Å². The summed E-state index contributed by atoms with van der Waals surface area (Å²) in [6.07, 6.45) is 38.7. The van der Waals surface area contributed by atoms with Gasteiger partial charge in [0, 0.05) is 105 Å². The molecule has 5 aromatic heterocycles. The van der Waals surface area contributed by atoms with Crippen molar-refractivity contribution >= 4 is 52.7 Å². The lowest BCUT2D eigenvalue weighted by atomic mass is 9.82. The molecule has 36 heteroatoms. The molecule has 694 valence electrons. The maximum atomic E-state index is 12.6. The number of methoxy groups -OCH3 is 3. The van der Waals surface area contributed by atoms with Crippen LogP contribution in [0.5, 0.6) is 0 Å². The lowest BCUT2D eigenvalue weighted by molar-refractivity contribution is -0.104.